The van der Waals surface area contributed by atoms with Gasteiger partial charge in [-0.1, -0.05) is 6.08 Å². The number of allylic oxidation sites excluding steroid dienone is 1. The highest BCUT2D eigenvalue weighted by molar-refractivity contribution is 5.93. The predicted octanol–water partition coefficient (Wildman–Crippen LogP) is 2.92. The van der Waals surface area contributed by atoms with Crippen LogP contribution in [0.1, 0.15) is 51.4 Å². The van der Waals surface area contributed by atoms with Crippen molar-refractivity contribution >= 4 is 5.91 Å². The molecule has 0 spiro atoms. The molecule has 2 aliphatic carbocycles. The van der Waals surface area contributed by atoms with Crippen LogP contribution in [0.5, 0.6) is 0 Å². The van der Waals surface area contributed by atoms with Crippen LogP contribution in [0.3, 0.4) is 0 Å². The number of hydrogen-bond acceptors (Lipinski definition) is 3. The molecule has 2 atom stereocenters. The van der Waals surface area contributed by atoms with E-state index in [4.69, 9.17) is 9.47 Å². The van der Waals surface area contributed by atoms with Gasteiger partial charge in [-0.05, 0) is 57.3 Å². The number of amides is 1. The molecule has 3 fully saturated rings. The van der Waals surface area contributed by atoms with Gasteiger partial charge in [0.15, 0.2) is 0 Å². The van der Waals surface area contributed by atoms with E-state index in [0.29, 0.717) is 0 Å². The summed E-state index contributed by atoms with van der Waals surface area (Å²) in [6.45, 7) is 4.18. The number of hydrogen-bond donors (Lipinski definition) is 0. The Balaban J connectivity index is 1.43. The van der Waals surface area contributed by atoms with Crippen LogP contribution in [0, 0.1) is 11.3 Å². The number of piperidine rings is 1. The van der Waals surface area contributed by atoms with Gasteiger partial charge in [0, 0.05) is 37.3 Å². The van der Waals surface area contributed by atoms with Gasteiger partial charge in [-0.2, -0.15) is 0 Å². The van der Waals surface area contributed by atoms with Crippen molar-refractivity contribution in [3.8, 4) is 0 Å². The molecule has 4 aliphatic rings. The van der Waals surface area contributed by atoms with Crippen molar-refractivity contribution in [1.82, 2.24) is 4.90 Å². The Labute approximate surface area is 139 Å². The lowest BCUT2D eigenvalue weighted by Gasteiger charge is -2.50. The number of nitrogens with zero attached hydrogens (tertiary/aromatic N) is 1. The van der Waals surface area contributed by atoms with Crippen LogP contribution in [-0.4, -0.2) is 49.8 Å². The summed E-state index contributed by atoms with van der Waals surface area (Å²) >= 11 is 0. The van der Waals surface area contributed by atoms with Gasteiger partial charge in [0.05, 0.1) is 12.7 Å². The molecular formula is C19H29NO3. The molecular weight excluding hydrogens is 290 g/mol. The van der Waals surface area contributed by atoms with Crippen LogP contribution in [0.2, 0.25) is 0 Å². The van der Waals surface area contributed by atoms with Gasteiger partial charge in [-0.15, -0.1) is 0 Å². The first kappa shape index (κ1) is 15.6. The zero-order chi connectivity index (χ0) is 15.7. The second kappa shape index (κ2) is 6.56. The summed E-state index contributed by atoms with van der Waals surface area (Å²) in [4.78, 5) is 14.9. The van der Waals surface area contributed by atoms with Crippen molar-refractivity contribution in [2.75, 3.05) is 32.9 Å². The fourth-order valence-electron chi connectivity index (χ4n) is 4.46. The first-order chi connectivity index (χ1) is 11.3. The summed E-state index contributed by atoms with van der Waals surface area (Å²) in [6.07, 6.45) is 11.4. The Morgan fingerprint density at radius 2 is 2.26 bits per heavy atom. The first-order valence-electron chi connectivity index (χ1n) is 9.44. The molecule has 4 nitrogen and oxygen atoms in total. The van der Waals surface area contributed by atoms with Gasteiger partial charge < -0.3 is 14.4 Å². The van der Waals surface area contributed by atoms with Crippen molar-refractivity contribution in [3.05, 3.63) is 11.6 Å². The van der Waals surface area contributed by atoms with E-state index in [-0.39, 0.29) is 17.4 Å². The van der Waals surface area contributed by atoms with Crippen LogP contribution < -0.4 is 0 Å². The Hall–Kier alpha value is -0.870. The molecule has 2 heterocycles. The molecule has 0 aromatic carbocycles. The van der Waals surface area contributed by atoms with Gasteiger partial charge >= 0.3 is 0 Å². The fraction of sp³-hybridized carbons (Fsp3) is 0.842. The monoisotopic (exact) mass is 319 g/mol. The zero-order valence-corrected chi connectivity index (χ0v) is 14.1. The molecule has 0 unspecified atom stereocenters. The lowest BCUT2D eigenvalue weighted by Crippen LogP contribution is -2.58. The van der Waals surface area contributed by atoms with E-state index in [9.17, 15) is 4.79 Å². The van der Waals surface area contributed by atoms with Crippen LogP contribution in [0.25, 0.3) is 0 Å². The highest BCUT2D eigenvalue weighted by Gasteiger charge is 2.47. The Morgan fingerprint density at radius 3 is 3.04 bits per heavy atom. The molecule has 2 saturated heterocycles. The highest BCUT2D eigenvalue weighted by atomic mass is 16.5. The van der Waals surface area contributed by atoms with Gasteiger partial charge in [-0.3, -0.25) is 4.79 Å². The largest absolute Gasteiger partial charge is 0.380 e. The third-order valence-corrected chi connectivity index (χ3v) is 6.03. The van der Waals surface area contributed by atoms with Crippen LogP contribution in [-0.2, 0) is 14.3 Å². The van der Waals surface area contributed by atoms with Gasteiger partial charge in [0.25, 0.3) is 0 Å². The van der Waals surface area contributed by atoms with E-state index in [2.05, 4.69) is 11.0 Å². The van der Waals surface area contributed by atoms with E-state index in [0.717, 1.165) is 82.9 Å². The molecule has 0 bridgehead atoms. The minimum absolute atomic E-state index is 0.0280. The minimum atomic E-state index is 0.0280. The van der Waals surface area contributed by atoms with Gasteiger partial charge in [0.2, 0.25) is 5.91 Å². The summed E-state index contributed by atoms with van der Waals surface area (Å²) in [5.74, 6) is 1.06. The van der Waals surface area contributed by atoms with Crippen molar-refractivity contribution < 1.29 is 14.3 Å². The Morgan fingerprint density at radius 1 is 1.35 bits per heavy atom. The maximum Gasteiger partial charge on any atom is 0.249 e. The van der Waals surface area contributed by atoms with Crippen LogP contribution in [0.4, 0.5) is 0 Å². The van der Waals surface area contributed by atoms with E-state index < -0.39 is 0 Å². The average Bonchev–Trinajstić information content (AvgIpc) is 3.24. The summed E-state index contributed by atoms with van der Waals surface area (Å²) in [5.41, 5.74) is 1.06. The molecule has 2 aliphatic heterocycles. The SMILES string of the molecule is O=C(C1=CCCC1)N1CC[C@H]2OCCC[C@@]2(COCC2CC2)C1. The predicted molar refractivity (Wildman–Crippen MR) is 88.1 cm³/mol. The molecule has 4 rings (SSSR count). The van der Waals surface area contributed by atoms with Gasteiger partial charge in [-0.25, -0.2) is 0 Å². The molecule has 0 aromatic rings. The van der Waals surface area contributed by atoms with Crippen LogP contribution >= 0.6 is 0 Å². The lowest BCUT2D eigenvalue weighted by atomic mass is 9.73. The number of rotatable bonds is 5. The number of fused-ring (bicyclic) bond motifs is 1. The minimum Gasteiger partial charge on any atom is -0.380 e. The summed E-state index contributed by atoms with van der Waals surface area (Å²) in [6, 6.07) is 0. The van der Waals surface area contributed by atoms with E-state index in [1.807, 2.05) is 0 Å². The number of likely N-dealkylation sites (tertiary alicyclic amines) is 1. The van der Waals surface area contributed by atoms with Crippen LogP contribution in [0.15, 0.2) is 11.6 Å². The third kappa shape index (κ3) is 3.34. The lowest BCUT2D eigenvalue weighted by molar-refractivity contribution is -0.163. The van der Waals surface area contributed by atoms with E-state index in [1.54, 1.807) is 0 Å². The standard InChI is InChI=1S/C19H29NO3/c21-18(16-4-1-2-5-16)20-10-8-17-19(13-20,9-3-11-23-17)14-22-12-15-6-7-15/h4,15,17H,1-3,5-14H2/t17-,19+/m1/s1. The first-order valence-corrected chi connectivity index (χ1v) is 9.44. The summed E-state index contributed by atoms with van der Waals surface area (Å²) < 4.78 is 12.2. The highest BCUT2D eigenvalue weighted by Crippen LogP contribution is 2.41. The Kier molecular flexibility index (Phi) is 4.46. The maximum atomic E-state index is 12.8. The average molecular weight is 319 g/mol. The van der Waals surface area contributed by atoms with Crippen molar-refractivity contribution in [3.63, 3.8) is 0 Å². The number of ether oxygens (including phenoxy) is 2. The number of carbonyl (C=O) groups is 1. The number of carbonyl (C=O) groups excluding carboxylic acids is 1. The molecule has 0 radical (unpaired) electrons. The molecule has 0 aromatic heterocycles. The van der Waals surface area contributed by atoms with E-state index in [1.165, 1.54) is 12.8 Å². The molecule has 23 heavy (non-hydrogen) atoms. The smallest absolute Gasteiger partial charge is 0.249 e. The van der Waals surface area contributed by atoms with Crippen molar-refractivity contribution in [1.29, 1.82) is 0 Å². The molecule has 128 valence electrons. The molecule has 0 N–H and O–H groups in total. The molecule has 1 amide bonds. The third-order valence-electron chi connectivity index (χ3n) is 6.03. The Bertz CT molecular complexity index is 485. The van der Waals surface area contributed by atoms with Crippen molar-refractivity contribution in [2.45, 2.75) is 57.5 Å². The van der Waals surface area contributed by atoms with Crippen molar-refractivity contribution in [2.24, 2.45) is 11.3 Å². The fourth-order valence-corrected chi connectivity index (χ4v) is 4.46. The normalized spacial score (nSPS) is 34.2. The second-order valence-electron chi connectivity index (χ2n) is 7.92. The summed E-state index contributed by atoms with van der Waals surface area (Å²) in [7, 11) is 0. The summed E-state index contributed by atoms with van der Waals surface area (Å²) in [5, 5.41) is 0. The molecule has 4 heteroatoms. The quantitative estimate of drug-likeness (QED) is 0.782. The van der Waals surface area contributed by atoms with Gasteiger partial charge in [0.1, 0.15) is 0 Å². The zero-order valence-electron chi connectivity index (χ0n) is 14.1. The topological polar surface area (TPSA) is 38.8 Å². The molecule has 1 saturated carbocycles. The maximum absolute atomic E-state index is 12.8. The second-order valence-corrected chi connectivity index (χ2v) is 7.92. The van der Waals surface area contributed by atoms with E-state index >= 15 is 0 Å².